The molecule has 278 valence electrons. The van der Waals surface area contributed by atoms with Crippen LogP contribution in [0.5, 0.6) is 0 Å². The van der Waals surface area contributed by atoms with Gasteiger partial charge < -0.3 is 16.0 Å². The van der Waals surface area contributed by atoms with Crippen LogP contribution in [0, 0.1) is 29.6 Å². The fraction of sp³-hybridized carbons (Fsp3) is 0.488. The second-order valence-corrected chi connectivity index (χ2v) is 15.2. The molecule has 6 atom stereocenters. The lowest BCUT2D eigenvalue weighted by molar-refractivity contribution is 0.0859. The van der Waals surface area contributed by atoms with Gasteiger partial charge in [-0.15, -0.1) is 5.10 Å². The van der Waals surface area contributed by atoms with E-state index in [2.05, 4.69) is 68.9 Å². The Morgan fingerprint density at radius 1 is 0.815 bits per heavy atom. The Bertz CT molecular complexity index is 2190. The number of pyridine rings is 4. The van der Waals surface area contributed by atoms with Gasteiger partial charge in [-0.25, -0.2) is 14.6 Å². The van der Waals surface area contributed by atoms with Crippen molar-refractivity contribution < 1.29 is 0 Å². The van der Waals surface area contributed by atoms with Crippen LogP contribution in [0.2, 0.25) is 0 Å². The molecule has 0 spiro atoms. The van der Waals surface area contributed by atoms with Gasteiger partial charge in [0, 0.05) is 103 Å². The lowest BCUT2D eigenvalue weighted by Gasteiger charge is -2.44. The van der Waals surface area contributed by atoms with Crippen molar-refractivity contribution in [1.29, 1.82) is 10.5 Å². The third-order valence-corrected chi connectivity index (χ3v) is 11.8. The molecule has 1 unspecified atom stereocenters. The molecule has 0 saturated carbocycles. The molecule has 8 rings (SSSR count). The number of likely N-dealkylation sites (tertiary alicyclic amines) is 1. The fourth-order valence-corrected chi connectivity index (χ4v) is 9.38. The number of hydrogen-bond donors (Lipinski definition) is 3. The van der Waals surface area contributed by atoms with Crippen molar-refractivity contribution in [2.75, 3.05) is 29.0 Å². The number of nitrogens with zero attached hydrogens (tertiary/aromatic N) is 10. The van der Waals surface area contributed by atoms with Crippen molar-refractivity contribution in [3.63, 3.8) is 0 Å². The Labute approximate surface area is 316 Å². The first-order chi connectivity index (χ1) is 26.4. The first kappa shape index (κ1) is 35.6. The van der Waals surface area contributed by atoms with Gasteiger partial charge in [-0.2, -0.15) is 10.5 Å². The number of piperidine rings is 2. The van der Waals surface area contributed by atoms with Crippen molar-refractivity contribution in [2.45, 2.75) is 115 Å². The Kier molecular flexibility index (Phi) is 10.3. The molecular weight excluding hydrogens is 675 g/mol. The zero-order chi connectivity index (χ0) is 37.2. The second kappa shape index (κ2) is 15.5. The Hall–Kier alpha value is -5.37. The highest BCUT2D eigenvalue weighted by molar-refractivity contribution is 5.94. The number of nitriles is 2. The molecule has 3 aliphatic heterocycles. The summed E-state index contributed by atoms with van der Waals surface area (Å²) in [5.74, 6) is 2.98. The number of hydrogen-bond acceptors (Lipinski definition) is 12. The minimum absolute atomic E-state index is 0.249. The number of rotatable bonds is 12. The van der Waals surface area contributed by atoms with Gasteiger partial charge in [0.15, 0.2) is 5.82 Å². The van der Waals surface area contributed by atoms with Crippen molar-refractivity contribution >= 4 is 45.1 Å². The van der Waals surface area contributed by atoms with Crippen molar-refractivity contribution in [2.24, 2.45) is 0 Å². The monoisotopic (exact) mass is 723 g/mol. The van der Waals surface area contributed by atoms with Crippen LogP contribution in [0.3, 0.4) is 0 Å². The summed E-state index contributed by atoms with van der Waals surface area (Å²) >= 11 is 0. The van der Waals surface area contributed by atoms with Crippen LogP contribution in [0.4, 0.5) is 23.3 Å². The Morgan fingerprint density at radius 3 is 2.28 bits per heavy atom. The van der Waals surface area contributed by atoms with Crippen LogP contribution < -0.4 is 16.0 Å². The average molecular weight is 724 g/mol. The summed E-state index contributed by atoms with van der Waals surface area (Å²) in [6.07, 6.45) is 14.2. The predicted octanol–water partition coefficient (Wildman–Crippen LogP) is 7.09. The zero-order valence-electron chi connectivity index (χ0n) is 31.4. The largest absolute Gasteiger partial charge is 0.367 e. The zero-order valence-corrected chi connectivity index (χ0v) is 31.4. The molecule has 3 fully saturated rings. The van der Waals surface area contributed by atoms with E-state index in [1.807, 2.05) is 54.5 Å². The van der Waals surface area contributed by atoms with Crippen LogP contribution in [0.1, 0.15) is 77.3 Å². The number of aryl methyl sites for hydroxylation is 1. The molecular formula is C41H49N13. The highest BCUT2D eigenvalue weighted by Crippen LogP contribution is 2.38. The minimum Gasteiger partial charge on any atom is -0.367 e. The highest BCUT2D eigenvalue weighted by Gasteiger charge is 2.40. The van der Waals surface area contributed by atoms with E-state index in [0.29, 0.717) is 54.7 Å². The lowest BCUT2D eigenvalue weighted by atomic mass is 9.90. The van der Waals surface area contributed by atoms with Crippen LogP contribution >= 0.6 is 0 Å². The molecule has 3 aliphatic rings. The molecule has 0 aromatic carbocycles. The number of fused-ring (bicyclic) bond motifs is 4. The highest BCUT2D eigenvalue weighted by atomic mass is 15.3. The maximum absolute atomic E-state index is 9.21. The molecule has 0 radical (unpaired) electrons. The third-order valence-electron chi connectivity index (χ3n) is 11.8. The summed E-state index contributed by atoms with van der Waals surface area (Å²) in [4.78, 5) is 24.6. The van der Waals surface area contributed by atoms with Crippen LogP contribution in [0.15, 0.2) is 55.0 Å². The summed E-state index contributed by atoms with van der Waals surface area (Å²) in [5, 5.41) is 36.3. The van der Waals surface area contributed by atoms with Crippen LogP contribution in [-0.4, -0.2) is 88.9 Å². The molecule has 5 aromatic heterocycles. The van der Waals surface area contributed by atoms with Crippen LogP contribution in [0.25, 0.3) is 27.5 Å². The van der Waals surface area contributed by atoms with E-state index in [1.54, 1.807) is 0 Å². The van der Waals surface area contributed by atoms with Gasteiger partial charge in [0.2, 0.25) is 0 Å². The molecule has 54 heavy (non-hydrogen) atoms. The van der Waals surface area contributed by atoms with E-state index in [0.717, 1.165) is 90.0 Å². The van der Waals surface area contributed by atoms with Gasteiger partial charge in [0.05, 0.1) is 23.9 Å². The molecule has 5 aromatic rings. The molecule has 3 N–H and O–H groups in total. The summed E-state index contributed by atoms with van der Waals surface area (Å²) in [5.41, 5.74) is 3.43. The van der Waals surface area contributed by atoms with Gasteiger partial charge in [-0.1, -0.05) is 6.92 Å². The summed E-state index contributed by atoms with van der Waals surface area (Å²) < 4.78 is 1.90. The molecule has 13 heteroatoms. The number of anilines is 4. The quantitative estimate of drug-likeness (QED) is 0.120. The number of nitrogens with one attached hydrogen (secondary N) is 3. The smallest absolute Gasteiger partial charge is 0.154 e. The van der Waals surface area contributed by atoms with Crippen LogP contribution in [-0.2, 0) is 0 Å². The normalized spacial score (nSPS) is 24.3. The van der Waals surface area contributed by atoms with E-state index in [-0.39, 0.29) is 6.04 Å². The van der Waals surface area contributed by atoms with Gasteiger partial charge in [0.1, 0.15) is 28.7 Å². The van der Waals surface area contributed by atoms with Gasteiger partial charge >= 0.3 is 0 Å². The molecule has 13 nitrogen and oxygen atoms in total. The maximum atomic E-state index is 9.21. The van der Waals surface area contributed by atoms with Crippen molar-refractivity contribution in [3.8, 4) is 17.8 Å². The third kappa shape index (κ3) is 7.14. The average Bonchev–Trinajstić information content (AvgIpc) is 3.66. The summed E-state index contributed by atoms with van der Waals surface area (Å²) in [6.45, 7) is 8.22. The summed E-state index contributed by atoms with van der Waals surface area (Å²) in [7, 11) is 0. The fourth-order valence-electron chi connectivity index (χ4n) is 9.38. The molecule has 2 bridgehead atoms. The molecule has 3 saturated heterocycles. The Balaban J connectivity index is 1.02. The van der Waals surface area contributed by atoms with Gasteiger partial charge in [0.25, 0.3) is 0 Å². The topological polar surface area (TPSA) is 160 Å². The van der Waals surface area contributed by atoms with Crippen molar-refractivity contribution in [3.05, 3.63) is 60.7 Å². The van der Waals surface area contributed by atoms with Gasteiger partial charge in [-0.05, 0) is 83.1 Å². The Morgan fingerprint density at radius 2 is 1.52 bits per heavy atom. The van der Waals surface area contributed by atoms with E-state index in [4.69, 9.17) is 25.3 Å². The maximum Gasteiger partial charge on any atom is 0.154 e. The molecule has 0 amide bonds. The van der Waals surface area contributed by atoms with Gasteiger partial charge in [-0.3, -0.25) is 19.8 Å². The number of aromatic nitrogens is 6. The SMILES string of the molecule is CC[C@H]1C[C@H](Nc2nc(Nc3cc(C)n(-c4cnc(NC5C[C@H]6CC[C@@H](C5)N6CCC#N)c5cccnc45)n3)cc3ncccc23)C[C@@H](C)N1CCC#N. The molecule has 8 heterocycles. The standard InChI is InChI=1S/C41H49N13/c1-4-30-21-28(19-26(2)52(30)17-7-13-42)48-41-33-9-5-15-44-35(33)24-37(50-41)49-38-20-27(3)54(51-38)36-25-46-40(34-10-6-16-45-39(34)36)47-29-22-31-11-12-32(23-29)53(31)18-8-14-43/h5-6,9-10,15-16,20,24-26,28-32H,4,7-8,11-12,17-19,21-23H2,1-3H3,(H,46,47)(H2,48,49,50,51)/t26-,28-,29?,30+,31-,32+/m1/s1. The first-order valence-electron chi connectivity index (χ1n) is 19.5. The van der Waals surface area contributed by atoms with E-state index >= 15 is 0 Å². The minimum atomic E-state index is 0.249. The predicted molar refractivity (Wildman–Crippen MR) is 212 cm³/mol. The van der Waals surface area contributed by atoms with E-state index in [1.165, 1.54) is 12.8 Å². The summed E-state index contributed by atoms with van der Waals surface area (Å²) in [6, 6.07) is 19.1. The second-order valence-electron chi connectivity index (χ2n) is 15.2. The first-order valence-corrected chi connectivity index (χ1v) is 19.5. The molecule has 0 aliphatic carbocycles. The lowest BCUT2D eigenvalue weighted by Crippen LogP contribution is -2.51. The van der Waals surface area contributed by atoms with E-state index < -0.39 is 0 Å². The van der Waals surface area contributed by atoms with E-state index in [9.17, 15) is 5.26 Å². The van der Waals surface area contributed by atoms with Crippen molar-refractivity contribution in [1.82, 2.24) is 39.5 Å².